The maximum Gasteiger partial charge on any atom is 0.248 e. The van der Waals surface area contributed by atoms with E-state index in [1.807, 2.05) is 26.0 Å². The van der Waals surface area contributed by atoms with Crippen LogP contribution < -0.4 is 10.5 Å². The average molecular weight is 339 g/mol. The van der Waals surface area contributed by atoms with Gasteiger partial charge in [-0.25, -0.2) is 0 Å². The second kappa shape index (κ2) is 4.99. The zero-order chi connectivity index (χ0) is 18.1. The molecule has 4 heteroatoms. The first-order valence-electron chi connectivity index (χ1n) is 8.87. The molecule has 4 N–H and O–H groups in total. The SMILES string of the molecule is CC(C)c1ccc2c(c1)OC1(O)c3cccc(N)c3C(O)C21C(C)C. The van der Waals surface area contributed by atoms with E-state index in [0.29, 0.717) is 28.5 Å². The molecule has 1 heterocycles. The lowest BCUT2D eigenvalue weighted by Crippen LogP contribution is -2.51. The van der Waals surface area contributed by atoms with Crippen LogP contribution >= 0.6 is 0 Å². The molecule has 2 aromatic carbocycles. The summed E-state index contributed by atoms with van der Waals surface area (Å²) in [5.41, 5.74) is 8.78. The Bertz CT molecular complexity index is 860. The number of hydrogen-bond donors (Lipinski definition) is 3. The number of anilines is 1. The minimum absolute atomic E-state index is 0.0644. The molecule has 0 aromatic heterocycles. The molecule has 132 valence electrons. The van der Waals surface area contributed by atoms with Crippen LogP contribution in [0.4, 0.5) is 5.69 Å². The first-order valence-corrected chi connectivity index (χ1v) is 8.87. The van der Waals surface area contributed by atoms with Gasteiger partial charge in [-0.1, -0.05) is 52.0 Å². The average Bonchev–Trinajstić information content (AvgIpc) is 2.92. The van der Waals surface area contributed by atoms with Crippen LogP contribution in [0, 0.1) is 5.92 Å². The number of nitrogen functional groups attached to an aromatic ring is 1. The topological polar surface area (TPSA) is 75.7 Å². The first kappa shape index (κ1) is 16.4. The Morgan fingerprint density at radius 1 is 1.08 bits per heavy atom. The Kier molecular flexibility index (Phi) is 3.28. The van der Waals surface area contributed by atoms with Crippen LogP contribution in [0.25, 0.3) is 0 Å². The number of ether oxygens (including phenoxy) is 1. The van der Waals surface area contributed by atoms with Crippen LogP contribution in [0.15, 0.2) is 36.4 Å². The number of rotatable bonds is 2. The van der Waals surface area contributed by atoms with Crippen molar-refractivity contribution in [1.29, 1.82) is 0 Å². The fraction of sp³-hybridized carbons (Fsp3) is 0.429. The van der Waals surface area contributed by atoms with E-state index in [2.05, 4.69) is 19.9 Å². The highest BCUT2D eigenvalue weighted by atomic mass is 16.6. The molecule has 0 fully saturated rings. The minimum Gasteiger partial charge on any atom is -0.457 e. The van der Waals surface area contributed by atoms with Crippen LogP contribution in [0.1, 0.15) is 62.0 Å². The molecule has 0 spiro atoms. The van der Waals surface area contributed by atoms with Crippen molar-refractivity contribution in [2.45, 2.75) is 50.9 Å². The molecule has 25 heavy (non-hydrogen) atoms. The third-order valence-corrected chi connectivity index (χ3v) is 6.06. The van der Waals surface area contributed by atoms with Gasteiger partial charge in [0.05, 0.1) is 6.10 Å². The lowest BCUT2D eigenvalue weighted by atomic mass is 9.65. The van der Waals surface area contributed by atoms with E-state index in [0.717, 1.165) is 11.1 Å². The largest absolute Gasteiger partial charge is 0.457 e. The van der Waals surface area contributed by atoms with Gasteiger partial charge in [0, 0.05) is 22.4 Å². The summed E-state index contributed by atoms with van der Waals surface area (Å²) in [6, 6.07) is 11.4. The predicted octanol–water partition coefficient (Wildman–Crippen LogP) is 3.57. The zero-order valence-corrected chi connectivity index (χ0v) is 15.1. The highest BCUT2D eigenvalue weighted by molar-refractivity contribution is 5.65. The van der Waals surface area contributed by atoms with Crippen LogP contribution in [0.5, 0.6) is 5.75 Å². The van der Waals surface area contributed by atoms with Crippen LogP contribution in [0.2, 0.25) is 0 Å². The summed E-state index contributed by atoms with van der Waals surface area (Å²) in [7, 11) is 0. The van der Waals surface area contributed by atoms with Crippen molar-refractivity contribution < 1.29 is 14.9 Å². The summed E-state index contributed by atoms with van der Waals surface area (Å²) in [5.74, 6) is -0.685. The van der Waals surface area contributed by atoms with E-state index in [4.69, 9.17) is 10.5 Å². The van der Waals surface area contributed by atoms with E-state index in [-0.39, 0.29) is 5.92 Å². The highest BCUT2D eigenvalue weighted by Gasteiger charge is 2.71. The van der Waals surface area contributed by atoms with Crippen molar-refractivity contribution in [3.63, 3.8) is 0 Å². The number of hydrogen-bond acceptors (Lipinski definition) is 4. The van der Waals surface area contributed by atoms with E-state index in [1.165, 1.54) is 0 Å². The third kappa shape index (κ3) is 1.74. The number of benzene rings is 2. The van der Waals surface area contributed by atoms with Crippen molar-refractivity contribution in [3.8, 4) is 5.75 Å². The summed E-state index contributed by atoms with van der Waals surface area (Å²) in [5, 5.41) is 23.0. The molecule has 0 saturated carbocycles. The molecular weight excluding hydrogens is 314 g/mol. The van der Waals surface area contributed by atoms with Crippen LogP contribution in [-0.2, 0) is 11.2 Å². The van der Waals surface area contributed by atoms with Gasteiger partial charge in [0.25, 0.3) is 0 Å². The zero-order valence-electron chi connectivity index (χ0n) is 15.1. The third-order valence-electron chi connectivity index (χ3n) is 6.06. The van der Waals surface area contributed by atoms with Gasteiger partial charge in [-0.15, -0.1) is 0 Å². The molecule has 3 atom stereocenters. The van der Waals surface area contributed by atoms with Gasteiger partial charge in [-0.05, 0) is 29.5 Å². The molecule has 0 bridgehead atoms. The van der Waals surface area contributed by atoms with E-state index in [9.17, 15) is 10.2 Å². The normalized spacial score (nSPS) is 29.5. The number of fused-ring (bicyclic) bond motifs is 5. The van der Waals surface area contributed by atoms with E-state index in [1.54, 1.807) is 18.2 Å². The molecule has 0 amide bonds. The van der Waals surface area contributed by atoms with Crippen molar-refractivity contribution in [1.82, 2.24) is 0 Å². The van der Waals surface area contributed by atoms with Crippen LogP contribution in [-0.4, -0.2) is 10.2 Å². The minimum atomic E-state index is -1.62. The lowest BCUT2D eigenvalue weighted by Gasteiger charge is -2.40. The lowest BCUT2D eigenvalue weighted by molar-refractivity contribution is -0.207. The molecule has 1 aliphatic carbocycles. The maximum atomic E-state index is 11.7. The summed E-state index contributed by atoms with van der Waals surface area (Å²) in [4.78, 5) is 0. The predicted molar refractivity (Wildman–Crippen MR) is 97.4 cm³/mol. The summed E-state index contributed by atoms with van der Waals surface area (Å²) in [6.07, 6.45) is -0.931. The van der Waals surface area contributed by atoms with Gasteiger partial charge in [0.15, 0.2) is 0 Å². The molecule has 2 aromatic rings. The van der Waals surface area contributed by atoms with Gasteiger partial charge >= 0.3 is 0 Å². The molecule has 4 rings (SSSR count). The van der Waals surface area contributed by atoms with Crippen molar-refractivity contribution in [2.75, 3.05) is 5.73 Å². The summed E-state index contributed by atoms with van der Waals surface area (Å²) in [6.45, 7) is 8.25. The van der Waals surface area contributed by atoms with Gasteiger partial charge < -0.3 is 20.7 Å². The number of aliphatic hydroxyl groups excluding tert-OH is 1. The smallest absolute Gasteiger partial charge is 0.248 e. The second-order valence-corrected chi connectivity index (χ2v) is 7.89. The molecule has 4 nitrogen and oxygen atoms in total. The van der Waals surface area contributed by atoms with Crippen LogP contribution in [0.3, 0.4) is 0 Å². The van der Waals surface area contributed by atoms with E-state index >= 15 is 0 Å². The van der Waals surface area contributed by atoms with Gasteiger partial charge in [0.2, 0.25) is 5.79 Å². The monoisotopic (exact) mass is 339 g/mol. The fourth-order valence-electron chi connectivity index (χ4n) is 4.79. The Morgan fingerprint density at radius 2 is 1.80 bits per heavy atom. The molecule has 3 unspecified atom stereocenters. The molecular formula is C21H25NO3. The molecule has 2 aliphatic rings. The molecule has 0 radical (unpaired) electrons. The van der Waals surface area contributed by atoms with Crippen molar-refractivity contribution in [2.24, 2.45) is 5.92 Å². The highest BCUT2D eigenvalue weighted by Crippen LogP contribution is 2.67. The maximum absolute atomic E-state index is 11.7. The van der Waals surface area contributed by atoms with Gasteiger partial charge in [0.1, 0.15) is 11.2 Å². The second-order valence-electron chi connectivity index (χ2n) is 7.89. The van der Waals surface area contributed by atoms with Gasteiger partial charge in [-0.3, -0.25) is 0 Å². The Morgan fingerprint density at radius 3 is 2.44 bits per heavy atom. The fourth-order valence-corrected chi connectivity index (χ4v) is 4.79. The van der Waals surface area contributed by atoms with E-state index < -0.39 is 17.3 Å². The standard InChI is InChI=1S/C21H25NO3/c1-11(2)13-8-9-14-17(10-13)25-21(24)15-6-5-7-16(22)18(15)19(23)20(14,21)12(3)4/h5-12,19,23-24H,22H2,1-4H3. The summed E-state index contributed by atoms with van der Waals surface area (Å²) < 4.78 is 6.17. The molecule has 0 saturated heterocycles. The van der Waals surface area contributed by atoms with Crippen molar-refractivity contribution in [3.05, 3.63) is 58.7 Å². The number of aliphatic hydroxyl groups is 2. The quantitative estimate of drug-likeness (QED) is 0.731. The van der Waals surface area contributed by atoms with Gasteiger partial charge in [-0.2, -0.15) is 0 Å². The Hall–Kier alpha value is -2.04. The summed E-state index contributed by atoms with van der Waals surface area (Å²) >= 11 is 0. The molecule has 1 aliphatic heterocycles. The Labute approximate surface area is 148 Å². The van der Waals surface area contributed by atoms with Crippen molar-refractivity contribution >= 4 is 5.69 Å². The number of nitrogens with two attached hydrogens (primary N) is 1. The first-order chi connectivity index (χ1) is 11.7. The Balaban J connectivity index is 2.03.